The summed E-state index contributed by atoms with van der Waals surface area (Å²) in [6.07, 6.45) is 8.97. The molecule has 4 nitrogen and oxygen atoms in total. The molecule has 0 spiro atoms. The predicted octanol–water partition coefficient (Wildman–Crippen LogP) is 2.72. The number of pyridine rings is 1. The molecule has 0 unspecified atom stereocenters. The SMILES string of the molecule is O=C(C[C@H]1C[C@H]2CC[C@@H]1C2)N1CCC(O)(c2ccccn2)CC1. The molecule has 2 bridgehead atoms. The van der Waals surface area contributed by atoms with Crippen LogP contribution in [0.5, 0.6) is 0 Å². The maximum absolute atomic E-state index is 12.6. The topological polar surface area (TPSA) is 53.4 Å². The summed E-state index contributed by atoms with van der Waals surface area (Å²) in [6.45, 7) is 1.29. The van der Waals surface area contributed by atoms with Crippen LogP contribution in [0.3, 0.4) is 0 Å². The van der Waals surface area contributed by atoms with Crippen molar-refractivity contribution >= 4 is 5.91 Å². The molecular weight excluding hydrogens is 288 g/mol. The largest absolute Gasteiger partial charge is 0.383 e. The molecule has 1 aliphatic heterocycles. The standard InChI is InChI=1S/C19H26N2O2/c22-18(13-16-12-14-4-5-15(16)11-14)21-9-6-19(23,7-10-21)17-3-1-2-8-20-17/h1-3,8,14-16,23H,4-7,9-13H2/t14-,15+,16+/m0/s1. The number of aliphatic hydroxyl groups is 1. The zero-order valence-electron chi connectivity index (χ0n) is 13.7. The van der Waals surface area contributed by atoms with Crippen LogP contribution in [-0.2, 0) is 10.4 Å². The molecule has 4 rings (SSSR count). The summed E-state index contributed by atoms with van der Waals surface area (Å²) in [5.74, 6) is 2.62. The van der Waals surface area contributed by atoms with Crippen molar-refractivity contribution < 1.29 is 9.90 Å². The highest BCUT2D eigenvalue weighted by Gasteiger charge is 2.42. The van der Waals surface area contributed by atoms with Crippen LogP contribution in [0.1, 0.15) is 50.6 Å². The van der Waals surface area contributed by atoms with Crippen molar-refractivity contribution in [3.05, 3.63) is 30.1 Å². The molecule has 124 valence electrons. The van der Waals surface area contributed by atoms with E-state index < -0.39 is 5.60 Å². The Labute approximate surface area is 137 Å². The van der Waals surface area contributed by atoms with Crippen LogP contribution in [0.4, 0.5) is 0 Å². The van der Waals surface area contributed by atoms with E-state index in [1.54, 1.807) is 6.20 Å². The monoisotopic (exact) mass is 314 g/mol. The first-order chi connectivity index (χ1) is 11.1. The van der Waals surface area contributed by atoms with Gasteiger partial charge in [-0.05, 0) is 62.0 Å². The first-order valence-electron chi connectivity index (χ1n) is 9.06. The number of amides is 1. The van der Waals surface area contributed by atoms with Gasteiger partial charge in [-0.1, -0.05) is 12.5 Å². The van der Waals surface area contributed by atoms with E-state index in [1.165, 1.54) is 25.7 Å². The summed E-state index contributed by atoms with van der Waals surface area (Å²) in [7, 11) is 0. The molecule has 3 atom stereocenters. The summed E-state index contributed by atoms with van der Waals surface area (Å²) in [4.78, 5) is 18.9. The van der Waals surface area contributed by atoms with Gasteiger partial charge in [-0.3, -0.25) is 9.78 Å². The molecule has 3 aliphatic rings. The van der Waals surface area contributed by atoms with Gasteiger partial charge in [0.15, 0.2) is 0 Å². The first kappa shape index (κ1) is 15.1. The average molecular weight is 314 g/mol. The van der Waals surface area contributed by atoms with Crippen LogP contribution in [0.2, 0.25) is 0 Å². The Morgan fingerprint density at radius 1 is 1.26 bits per heavy atom. The van der Waals surface area contributed by atoms with E-state index >= 15 is 0 Å². The zero-order chi connectivity index (χ0) is 15.9. The molecule has 4 heteroatoms. The minimum absolute atomic E-state index is 0.297. The van der Waals surface area contributed by atoms with Gasteiger partial charge in [0.1, 0.15) is 5.60 Å². The number of rotatable bonds is 3. The lowest BCUT2D eigenvalue weighted by atomic mass is 9.85. The van der Waals surface area contributed by atoms with Crippen LogP contribution in [0.15, 0.2) is 24.4 Å². The lowest BCUT2D eigenvalue weighted by Crippen LogP contribution is -2.46. The van der Waals surface area contributed by atoms with E-state index in [1.807, 2.05) is 23.1 Å². The summed E-state index contributed by atoms with van der Waals surface area (Å²) in [5.41, 5.74) is -0.134. The Hall–Kier alpha value is -1.42. The molecule has 3 fully saturated rings. The molecule has 1 saturated heterocycles. The average Bonchev–Trinajstić information content (AvgIpc) is 3.19. The predicted molar refractivity (Wildman–Crippen MR) is 87.5 cm³/mol. The highest BCUT2D eigenvalue weighted by atomic mass is 16.3. The molecule has 1 aromatic heterocycles. The number of hydrogen-bond acceptors (Lipinski definition) is 3. The van der Waals surface area contributed by atoms with Gasteiger partial charge in [-0.15, -0.1) is 0 Å². The van der Waals surface area contributed by atoms with E-state index in [4.69, 9.17) is 0 Å². The van der Waals surface area contributed by atoms with Gasteiger partial charge in [0, 0.05) is 25.7 Å². The minimum atomic E-state index is -0.871. The number of aromatic nitrogens is 1. The third-order valence-electron chi connectivity index (χ3n) is 6.41. The van der Waals surface area contributed by atoms with Gasteiger partial charge in [0.05, 0.1) is 5.69 Å². The molecular formula is C19H26N2O2. The van der Waals surface area contributed by atoms with Gasteiger partial charge in [-0.2, -0.15) is 0 Å². The second-order valence-corrected chi connectivity index (χ2v) is 7.77. The van der Waals surface area contributed by atoms with E-state index in [-0.39, 0.29) is 0 Å². The number of hydrogen-bond donors (Lipinski definition) is 1. The van der Waals surface area contributed by atoms with Crippen molar-refractivity contribution in [1.82, 2.24) is 9.88 Å². The second kappa shape index (κ2) is 5.90. The van der Waals surface area contributed by atoms with Crippen LogP contribution >= 0.6 is 0 Å². The fourth-order valence-electron chi connectivity index (χ4n) is 5.00. The maximum Gasteiger partial charge on any atom is 0.222 e. The molecule has 0 radical (unpaired) electrons. The third-order valence-corrected chi connectivity index (χ3v) is 6.41. The van der Waals surface area contributed by atoms with Crippen LogP contribution < -0.4 is 0 Å². The number of piperidine rings is 1. The molecule has 1 aromatic rings. The van der Waals surface area contributed by atoms with Crippen molar-refractivity contribution in [1.29, 1.82) is 0 Å². The molecule has 0 aromatic carbocycles. The van der Waals surface area contributed by atoms with Crippen molar-refractivity contribution in [3.63, 3.8) is 0 Å². The highest BCUT2D eigenvalue weighted by molar-refractivity contribution is 5.76. The summed E-state index contributed by atoms with van der Waals surface area (Å²) in [6, 6.07) is 5.65. The van der Waals surface area contributed by atoms with Gasteiger partial charge < -0.3 is 10.0 Å². The first-order valence-corrected chi connectivity index (χ1v) is 9.06. The Morgan fingerprint density at radius 2 is 2.09 bits per heavy atom. The summed E-state index contributed by atoms with van der Waals surface area (Å²) >= 11 is 0. The van der Waals surface area contributed by atoms with Crippen molar-refractivity contribution in [2.24, 2.45) is 17.8 Å². The second-order valence-electron chi connectivity index (χ2n) is 7.77. The summed E-state index contributed by atoms with van der Waals surface area (Å²) < 4.78 is 0. The van der Waals surface area contributed by atoms with E-state index in [2.05, 4.69) is 4.98 Å². The van der Waals surface area contributed by atoms with Gasteiger partial charge in [-0.25, -0.2) is 0 Å². The minimum Gasteiger partial charge on any atom is -0.383 e. The van der Waals surface area contributed by atoms with Gasteiger partial charge in [0.25, 0.3) is 0 Å². The lowest BCUT2D eigenvalue weighted by molar-refractivity contribution is -0.137. The summed E-state index contributed by atoms with van der Waals surface area (Å²) in [5, 5.41) is 10.8. The molecule has 1 amide bonds. The number of carbonyl (C=O) groups is 1. The number of likely N-dealkylation sites (tertiary alicyclic amines) is 1. The lowest BCUT2D eigenvalue weighted by Gasteiger charge is -2.38. The maximum atomic E-state index is 12.6. The molecule has 2 aliphatic carbocycles. The molecule has 1 N–H and O–H groups in total. The number of nitrogens with zero attached hydrogens (tertiary/aromatic N) is 2. The Balaban J connectivity index is 1.33. The number of fused-ring (bicyclic) bond motifs is 2. The van der Waals surface area contributed by atoms with Gasteiger partial charge in [0.2, 0.25) is 5.91 Å². The zero-order valence-corrected chi connectivity index (χ0v) is 13.7. The van der Waals surface area contributed by atoms with Crippen LogP contribution in [0.25, 0.3) is 0 Å². The van der Waals surface area contributed by atoms with Crippen molar-refractivity contribution in [2.45, 2.75) is 50.5 Å². The Bertz CT molecular complexity index is 566. The molecule has 23 heavy (non-hydrogen) atoms. The fourth-order valence-corrected chi connectivity index (χ4v) is 5.00. The fraction of sp³-hybridized carbons (Fsp3) is 0.684. The molecule has 2 heterocycles. The normalized spacial score (nSPS) is 32.2. The highest BCUT2D eigenvalue weighted by Crippen LogP contribution is 2.49. The molecule has 2 saturated carbocycles. The van der Waals surface area contributed by atoms with E-state index in [9.17, 15) is 9.90 Å². The van der Waals surface area contributed by atoms with Gasteiger partial charge >= 0.3 is 0 Å². The quantitative estimate of drug-likeness (QED) is 0.933. The number of carbonyl (C=O) groups excluding carboxylic acids is 1. The van der Waals surface area contributed by atoms with Crippen molar-refractivity contribution in [3.8, 4) is 0 Å². The van der Waals surface area contributed by atoms with Crippen molar-refractivity contribution in [2.75, 3.05) is 13.1 Å². The van der Waals surface area contributed by atoms with Crippen LogP contribution in [0, 0.1) is 17.8 Å². The smallest absolute Gasteiger partial charge is 0.222 e. The van der Waals surface area contributed by atoms with E-state index in [0.29, 0.717) is 37.8 Å². The Morgan fingerprint density at radius 3 is 2.70 bits per heavy atom. The third kappa shape index (κ3) is 2.89. The Kier molecular flexibility index (Phi) is 3.88. The van der Waals surface area contributed by atoms with Crippen LogP contribution in [-0.4, -0.2) is 34.0 Å². The van der Waals surface area contributed by atoms with E-state index in [0.717, 1.165) is 24.0 Å².